The van der Waals surface area contributed by atoms with E-state index in [-0.39, 0.29) is 0 Å². The molecule has 1 aliphatic carbocycles. The van der Waals surface area contributed by atoms with E-state index in [1.807, 2.05) is 0 Å². The first-order valence-electron chi connectivity index (χ1n) is 4.95. The number of carboxylic acid groups (broad SMARTS) is 1. The predicted molar refractivity (Wildman–Crippen MR) is 66.2 cm³/mol. The standard InChI is InChI=1S/C11H9BrClNO3/c12-7-5-6(1-2-8(7)13)9(15)14-11(3-4-11)10(16)17/h1-2,5H,3-4H2,(H,14,15)(H,16,17). The summed E-state index contributed by atoms with van der Waals surface area (Å²) in [6.07, 6.45) is 0.950. The molecule has 1 fully saturated rings. The normalized spacial score (nSPS) is 16.4. The molecule has 0 spiro atoms. The number of carbonyl (C=O) groups excluding carboxylic acids is 1. The Bertz CT molecular complexity index is 499. The SMILES string of the molecule is O=C(NC1(C(=O)O)CC1)c1ccc(Cl)c(Br)c1. The van der Waals surface area contributed by atoms with E-state index < -0.39 is 17.4 Å². The van der Waals surface area contributed by atoms with Gasteiger partial charge in [-0.1, -0.05) is 11.6 Å². The van der Waals surface area contributed by atoms with Crippen LogP contribution >= 0.6 is 27.5 Å². The maximum absolute atomic E-state index is 11.8. The fourth-order valence-corrected chi connectivity index (χ4v) is 1.94. The third kappa shape index (κ3) is 2.45. The molecule has 0 bridgehead atoms. The molecule has 1 aromatic carbocycles. The highest BCUT2D eigenvalue weighted by atomic mass is 79.9. The fourth-order valence-electron chi connectivity index (χ4n) is 1.44. The molecule has 0 atom stereocenters. The van der Waals surface area contributed by atoms with Gasteiger partial charge in [0.25, 0.3) is 5.91 Å². The molecule has 6 heteroatoms. The number of carbonyl (C=O) groups is 2. The van der Waals surface area contributed by atoms with Crippen molar-refractivity contribution < 1.29 is 14.7 Å². The zero-order valence-electron chi connectivity index (χ0n) is 8.67. The molecular formula is C11H9BrClNO3. The Kier molecular flexibility index (Phi) is 3.14. The molecular weight excluding hydrogens is 309 g/mol. The summed E-state index contributed by atoms with van der Waals surface area (Å²) in [4.78, 5) is 22.8. The zero-order valence-corrected chi connectivity index (χ0v) is 11.0. The Labute approximate surface area is 111 Å². The van der Waals surface area contributed by atoms with Crippen LogP contribution in [0.15, 0.2) is 22.7 Å². The first-order chi connectivity index (χ1) is 7.94. The number of amides is 1. The van der Waals surface area contributed by atoms with Crippen molar-refractivity contribution in [3.05, 3.63) is 33.3 Å². The van der Waals surface area contributed by atoms with Crippen molar-refractivity contribution in [1.29, 1.82) is 0 Å². The molecule has 1 amide bonds. The highest BCUT2D eigenvalue weighted by molar-refractivity contribution is 9.10. The van der Waals surface area contributed by atoms with Crippen LogP contribution in [-0.4, -0.2) is 22.5 Å². The van der Waals surface area contributed by atoms with E-state index in [0.717, 1.165) is 0 Å². The summed E-state index contributed by atoms with van der Waals surface area (Å²) in [7, 11) is 0. The van der Waals surface area contributed by atoms with Gasteiger partial charge in [0.1, 0.15) is 5.54 Å². The van der Waals surface area contributed by atoms with Gasteiger partial charge in [-0.15, -0.1) is 0 Å². The van der Waals surface area contributed by atoms with E-state index in [1.54, 1.807) is 18.2 Å². The lowest BCUT2D eigenvalue weighted by Gasteiger charge is -2.12. The Morgan fingerprint density at radius 2 is 2.06 bits per heavy atom. The molecule has 0 aromatic heterocycles. The highest BCUT2D eigenvalue weighted by Gasteiger charge is 2.51. The minimum Gasteiger partial charge on any atom is -0.480 e. The van der Waals surface area contributed by atoms with Crippen LogP contribution in [0, 0.1) is 0 Å². The number of benzene rings is 1. The third-order valence-electron chi connectivity index (χ3n) is 2.69. The van der Waals surface area contributed by atoms with Gasteiger partial charge in [-0.2, -0.15) is 0 Å². The van der Waals surface area contributed by atoms with Gasteiger partial charge in [-0.3, -0.25) is 4.79 Å². The summed E-state index contributed by atoms with van der Waals surface area (Å²) >= 11 is 9.02. The van der Waals surface area contributed by atoms with Crippen molar-refractivity contribution in [2.75, 3.05) is 0 Å². The van der Waals surface area contributed by atoms with E-state index in [2.05, 4.69) is 21.2 Å². The average Bonchev–Trinajstić information content (AvgIpc) is 3.03. The Morgan fingerprint density at radius 3 is 2.53 bits per heavy atom. The maximum atomic E-state index is 11.8. The summed E-state index contributed by atoms with van der Waals surface area (Å²) in [6.45, 7) is 0. The van der Waals surface area contributed by atoms with Crippen molar-refractivity contribution in [3.8, 4) is 0 Å². The zero-order chi connectivity index (χ0) is 12.6. The molecule has 17 heavy (non-hydrogen) atoms. The van der Waals surface area contributed by atoms with Crippen LogP contribution in [0.2, 0.25) is 5.02 Å². The monoisotopic (exact) mass is 317 g/mol. The molecule has 0 unspecified atom stereocenters. The van der Waals surface area contributed by atoms with Crippen LogP contribution in [0.5, 0.6) is 0 Å². The molecule has 1 saturated carbocycles. The number of nitrogens with one attached hydrogen (secondary N) is 1. The van der Waals surface area contributed by atoms with Crippen molar-refractivity contribution in [2.24, 2.45) is 0 Å². The van der Waals surface area contributed by atoms with Crippen molar-refractivity contribution >= 4 is 39.4 Å². The summed E-state index contributed by atoms with van der Waals surface area (Å²) in [5, 5.41) is 12.0. The summed E-state index contributed by atoms with van der Waals surface area (Å²) < 4.78 is 0.604. The largest absolute Gasteiger partial charge is 0.480 e. The second-order valence-electron chi connectivity index (χ2n) is 3.97. The number of hydrogen-bond acceptors (Lipinski definition) is 2. The van der Waals surface area contributed by atoms with Gasteiger partial charge in [-0.25, -0.2) is 4.79 Å². The molecule has 2 rings (SSSR count). The van der Waals surface area contributed by atoms with Gasteiger partial charge in [0, 0.05) is 10.0 Å². The number of carboxylic acids is 1. The first kappa shape index (κ1) is 12.4. The molecule has 2 N–H and O–H groups in total. The molecule has 1 aliphatic rings. The van der Waals surface area contributed by atoms with E-state index in [4.69, 9.17) is 16.7 Å². The van der Waals surface area contributed by atoms with Crippen LogP contribution in [0.4, 0.5) is 0 Å². The van der Waals surface area contributed by atoms with Gasteiger partial charge >= 0.3 is 5.97 Å². The number of rotatable bonds is 3. The van der Waals surface area contributed by atoms with Crippen molar-refractivity contribution in [3.63, 3.8) is 0 Å². The van der Waals surface area contributed by atoms with Gasteiger partial charge in [0.05, 0.1) is 5.02 Å². The lowest BCUT2D eigenvalue weighted by molar-refractivity contribution is -0.140. The minimum absolute atomic E-state index is 0.383. The molecule has 0 radical (unpaired) electrons. The predicted octanol–water partition coefficient (Wildman–Crippen LogP) is 2.45. The third-order valence-corrected chi connectivity index (χ3v) is 3.91. The van der Waals surface area contributed by atoms with Gasteiger partial charge < -0.3 is 10.4 Å². The Morgan fingerprint density at radius 1 is 1.41 bits per heavy atom. The van der Waals surface area contributed by atoms with Crippen molar-refractivity contribution in [1.82, 2.24) is 5.32 Å². The van der Waals surface area contributed by atoms with Crippen LogP contribution in [0.25, 0.3) is 0 Å². The molecule has 0 saturated heterocycles. The van der Waals surface area contributed by atoms with E-state index in [1.165, 1.54) is 0 Å². The Hall–Kier alpha value is -1.07. The van der Waals surface area contributed by atoms with Gasteiger partial charge in [-0.05, 0) is 47.0 Å². The van der Waals surface area contributed by atoms with Crippen LogP contribution < -0.4 is 5.32 Å². The molecule has 1 aromatic rings. The topological polar surface area (TPSA) is 66.4 Å². The number of aliphatic carboxylic acids is 1. The van der Waals surface area contributed by atoms with E-state index in [9.17, 15) is 9.59 Å². The summed E-state index contributed by atoms with van der Waals surface area (Å²) in [5.74, 6) is -1.39. The smallest absolute Gasteiger partial charge is 0.329 e. The minimum atomic E-state index is -1.07. The second kappa shape index (κ2) is 4.31. The number of hydrogen-bond donors (Lipinski definition) is 2. The fraction of sp³-hybridized carbons (Fsp3) is 0.273. The molecule has 0 heterocycles. The van der Waals surface area contributed by atoms with Crippen molar-refractivity contribution in [2.45, 2.75) is 18.4 Å². The molecule has 0 aliphatic heterocycles. The average molecular weight is 319 g/mol. The lowest BCUT2D eigenvalue weighted by Crippen LogP contribution is -2.43. The Balaban J connectivity index is 2.15. The van der Waals surface area contributed by atoms with E-state index in [0.29, 0.717) is 27.9 Å². The molecule has 4 nitrogen and oxygen atoms in total. The van der Waals surface area contributed by atoms with E-state index >= 15 is 0 Å². The summed E-state index contributed by atoms with van der Waals surface area (Å²) in [6, 6.07) is 4.71. The number of halogens is 2. The second-order valence-corrected chi connectivity index (χ2v) is 5.23. The first-order valence-corrected chi connectivity index (χ1v) is 6.13. The van der Waals surface area contributed by atoms with Crippen LogP contribution in [0.1, 0.15) is 23.2 Å². The van der Waals surface area contributed by atoms with Crippen LogP contribution in [-0.2, 0) is 4.79 Å². The summed E-state index contributed by atoms with van der Waals surface area (Å²) in [5.41, 5.74) is -0.683. The van der Waals surface area contributed by atoms with Crippen LogP contribution in [0.3, 0.4) is 0 Å². The molecule has 90 valence electrons. The lowest BCUT2D eigenvalue weighted by atomic mass is 10.2. The quantitative estimate of drug-likeness (QED) is 0.899. The van der Waals surface area contributed by atoms with Gasteiger partial charge in [0.15, 0.2) is 0 Å². The van der Waals surface area contributed by atoms with Gasteiger partial charge in [0.2, 0.25) is 0 Å². The maximum Gasteiger partial charge on any atom is 0.329 e. The highest BCUT2D eigenvalue weighted by Crippen LogP contribution is 2.36.